The predicted octanol–water partition coefficient (Wildman–Crippen LogP) is 2.29. The van der Waals surface area contributed by atoms with Crippen LogP contribution in [0.15, 0.2) is 24.3 Å². The molecule has 0 N–H and O–H groups in total. The van der Waals surface area contributed by atoms with Crippen LogP contribution in [0.3, 0.4) is 0 Å². The zero-order chi connectivity index (χ0) is 14.3. The van der Waals surface area contributed by atoms with Crippen molar-refractivity contribution in [3.05, 3.63) is 34.9 Å². The van der Waals surface area contributed by atoms with Crippen LogP contribution in [-0.4, -0.2) is 36.9 Å². The van der Waals surface area contributed by atoms with Gasteiger partial charge >= 0.3 is 5.97 Å². The first-order chi connectivity index (χ1) is 8.97. The van der Waals surface area contributed by atoms with Crippen LogP contribution in [0, 0.1) is 0 Å². The average molecular weight is 284 g/mol. The number of rotatable bonds is 7. The molecule has 0 amide bonds. The Hall–Kier alpha value is -1.39. The molecule has 0 aliphatic rings. The SMILES string of the molecule is CC(=O)CC(=O)OCCN(C)Cc1ccc(Cl)cc1. The fraction of sp³-hybridized carbons (Fsp3) is 0.429. The Morgan fingerprint density at radius 1 is 1.26 bits per heavy atom. The topological polar surface area (TPSA) is 46.6 Å². The van der Waals surface area contributed by atoms with Crippen LogP contribution in [0.1, 0.15) is 18.9 Å². The van der Waals surface area contributed by atoms with E-state index in [-0.39, 0.29) is 18.8 Å². The number of Topliss-reactive ketones (excluding diaryl/α,β-unsaturated/α-hetero) is 1. The van der Waals surface area contributed by atoms with Crippen molar-refractivity contribution in [3.8, 4) is 0 Å². The number of ether oxygens (including phenoxy) is 1. The Morgan fingerprint density at radius 3 is 2.47 bits per heavy atom. The van der Waals surface area contributed by atoms with Crippen molar-refractivity contribution in [1.82, 2.24) is 4.90 Å². The zero-order valence-electron chi connectivity index (χ0n) is 11.2. The quantitative estimate of drug-likeness (QED) is 0.569. The van der Waals surface area contributed by atoms with E-state index in [1.807, 2.05) is 36.2 Å². The Kier molecular flexibility index (Phi) is 6.53. The summed E-state index contributed by atoms with van der Waals surface area (Å²) in [5.41, 5.74) is 1.14. The normalized spacial score (nSPS) is 10.5. The molecule has 0 spiro atoms. The van der Waals surface area contributed by atoms with E-state index in [1.54, 1.807) is 0 Å². The molecule has 1 rings (SSSR count). The third-order valence-corrected chi connectivity index (χ3v) is 2.75. The number of nitrogens with zero attached hydrogens (tertiary/aromatic N) is 1. The van der Waals surface area contributed by atoms with Gasteiger partial charge in [-0.2, -0.15) is 0 Å². The van der Waals surface area contributed by atoms with Crippen LogP contribution >= 0.6 is 11.6 Å². The maximum atomic E-state index is 11.2. The van der Waals surface area contributed by atoms with E-state index >= 15 is 0 Å². The van der Waals surface area contributed by atoms with Crippen molar-refractivity contribution in [2.24, 2.45) is 0 Å². The number of likely N-dealkylation sites (N-methyl/N-ethyl adjacent to an activating group) is 1. The highest BCUT2D eigenvalue weighted by atomic mass is 35.5. The molecule has 0 saturated carbocycles. The standard InChI is InChI=1S/C14H18ClNO3/c1-11(17)9-14(18)19-8-7-16(2)10-12-3-5-13(15)6-4-12/h3-6H,7-10H2,1-2H3. The highest BCUT2D eigenvalue weighted by Gasteiger charge is 2.07. The van der Waals surface area contributed by atoms with Gasteiger partial charge in [-0.15, -0.1) is 0 Å². The maximum Gasteiger partial charge on any atom is 0.313 e. The minimum atomic E-state index is -0.465. The molecule has 4 nitrogen and oxygen atoms in total. The van der Waals surface area contributed by atoms with Gasteiger partial charge < -0.3 is 4.74 Å². The maximum absolute atomic E-state index is 11.2. The van der Waals surface area contributed by atoms with Crippen molar-refractivity contribution in [1.29, 1.82) is 0 Å². The molecule has 0 aromatic heterocycles. The first-order valence-corrected chi connectivity index (χ1v) is 6.43. The number of carbonyl (C=O) groups excluding carboxylic acids is 2. The predicted molar refractivity (Wildman–Crippen MR) is 74.0 cm³/mol. The largest absolute Gasteiger partial charge is 0.464 e. The molecule has 0 fully saturated rings. The molecular weight excluding hydrogens is 266 g/mol. The van der Waals surface area contributed by atoms with E-state index in [9.17, 15) is 9.59 Å². The van der Waals surface area contributed by atoms with Gasteiger partial charge in [0.05, 0.1) is 0 Å². The second-order valence-corrected chi connectivity index (χ2v) is 4.90. The fourth-order valence-corrected chi connectivity index (χ4v) is 1.68. The summed E-state index contributed by atoms with van der Waals surface area (Å²) in [5, 5.41) is 0.713. The third-order valence-electron chi connectivity index (χ3n) is 2.50. The van der Waals surface area contributed by atoms with Gasteiger partial charge in [0.2, 0.25) is 0 Å². The summed E-state index contributed by atoms with van der Waals surface area (Å²) in [5.74, 6) is -0.646. The summed E-state index contributed by atoms with van der Waals surface area (Å²) in [6, 6.07) is 7.61. The van der Waals surface area contributed by atoms with E-state index in [0.29, 0.717) is 11.6 Å². The van der Waals surface area contributed by atoms with Gasteiger partial charge in [-0.1, -0.05) is 23.7 Å². The van der Waals surface area contributed by atoms with Gasteiger partial charge in [0.25, 0.3) is 0 Å². The van der Waals surface area contributed by atoms with E-state index in [0.717, 1.165) is 12.1 Å². The Morgan fingerprint density at radius 2 is 1.89 bits per heavy atom. The van der Waals surface area contributed by atoms with Gasteiger partial charge in [-0.05, 0) is 31.7 Å². The molecule has 0 heterocycles. The first kappa shape index (κ1) is 15.7. The molecule has 19 heavy (non-hydrogen) atoms. The van der Waals surface area contributed by atoms with Gasteiger partial charge in [0, 0.05) is 18.1 Å². The van der Waals surface area contributed by atoms with Crippen LogP contribution in [0.25, 0.3) is 0 Å². The highest BCUT2D eigenvalue weighted by molar-refractivity contribution is 6.30. The molecule has 0 bridgehead atoms. The number of ketones is 1. The Balaban J connectivity index is 2.24. The second-order valence-electron chi connectivity index (χ2n) is 4.46. The monoisotopic (exact) mass is 283 g/mol. The second kappa shape index (κ2) is 7.92. The first-order valence-electron chi connectivity index (χ1n) is 6.05. The Labute approximate surface area is 118 Å². The van der Waals surface area contributed by atoms with Crippen molar-refractivity contribution in [3.63, 3.8) is 0 Å². The van der Waals surface area contributed by atoms with E-state index in [2.05, 4.69) is 0 Å². The summed E-state index contributed by atoms with van der Waals surface area (Å²) in [7, 11) is 1.94. The van der Waals surface area contributed by atoms with Gasteiger partial charge in [-0.25, -0.2) is 0 Å². The number of halogens is 1. The van der Waals surface area contributed by atoms with Crippen LogP contribution in [0.2, 0.25) is 5.02 Å². The molecule has 104 valence electrons. The molecule has 1 aromatic carbocycles. The molecule has 0 aliphatic heterocycles. The number of hydrogen-bond donors (Lipinski definition) is 0. The van der Waals surface area contributed by atoms with Crippen LogP contribution in [-0.2, 0) is 20.9 Å². The molecule has 1 aromatic rings. The number of esters is 1. The summed E-state index contributed by atoms with van der Waals surface area (Å²) in [4.78, 5) is 23.9. The van der Waals surface area contributed by atoms with Crippen molar-refractivity contribution in [2.75, 3.05) is 20.2 Å². The summed E-state index contributed by atoms with van der Waals surface area (Å²) < 4.78 is 4.96. The lowest BCUT2D eigenvalue weighted by Crippen LogP contribution is -2.24. The molecule has 0 radical (unpaired) electrons. The lowest BCUT2D eigenvalue weighted by molar-refractivity contribution is -0.146. The number of hydrogen-bond acceptors (Lipinski definition) is 4. The Bertz CT molecular complexity index is 431. The molecule has 0 saturated heterocycles. The lowest BCUT2D eigenvalue weighted by atomic mass is 10.2. The van der Waals surface area contributed by atoms with Crippen molar-refractivity contribution in [2.45, 2.75) is 19.9 Å². The van der Waals surface area contributed by atoms with Crippen LogP contribution < -0.4 is 0 Å². The van der Waals surface area contributed by atoms with Crippen molar-refractivity contribution < 1.29 is 14.3 Å². The zero-order valence-corrected chi connectivity index (χ0v) is 11.9. The minimum Gasteiger partial charge on any atom is -0.464 e. The van der Waals surface area contributed by atoms with Crippen LogP contribution in [0.5, 0.6) is 0 Å². The number of benzene rings is 1. The fourth-order valence-electron chi connectivity index (χ4n) is 1.55. The lowest BCUT2D eigenvalue weighted by Gasteiger charge is -2.16. The molecule has 0 aliphatic carbocycles. The average Bonchev–Trinajstić information content (AvgIpc) is 2.31. The van der Waals surface area contributed by atoms with Gasteiger partial charge in [0.15, 0.2) is 0 Å². The van der Waals surface area contributed by atoms with Crippen LogP contribution in [0.4, 0.5) is 0 Å². The van der Waals surface area contributed by atoms with Crippen molar-refractivity contribution >= 4 is 23.4 Å². The number of carbonyl (C=O) groups is 2. The summed E-state index contributed by atoms with van der Waals surface area (Å²) in [6.07, 6.45) is -0.152. The molecule has 5 heteroatoms. The minimum absolute atomic E-state index is 0.152. The molecule has 0 unspecified atom stereocenters. The summed E-state index contributed by atoms with van der Waals surface area (Å²) >= 11 is 5.81. The van der Waals surface area contributed by atoms with E-state index in [4.69, 9.17) is 16.3 Å². The smallest absolute Gasteiger partial charge is 0.313 e. The summed E-state index contributed by atoms with van der Waals surface area (Å²) in [6.45, 7) is 3.03. The third kappa shape index (κ3) is 6.94. The molecule has 0 atom stereocenters. The highest BCUT2D eigenvalue weighted by Crippen LogP contribution is 2.10. The van der Waals surface area contributed by atoms with Gasteiger partial charge in [0.1, 0.15) is 18.8 Å². The van der Waals surface area contributed by atoms with E-state index in [1.165, 1.54) is 6.92 Å². The van der Waals surface area contributed by atoms with E-state index < -0.39 is 5.97 Å². The van der Waals surface area contributed by atoms with Gasteiger partial charge in [-0.3, -0.25) is 14.5 Å². The molecular formula is C14H18ClNO3.